The fraction of sp³-hybridized carbons (Fsp3) is 0.222. The first-order valence-electron chi connectivity index (χ1n) is 4.19. The maximum absolute atomic E-state index is 11.4. The van der Waals surface area contributed by atoms with Gasteiger partial charge in [-0.05, 0) is 0 Å². The smallest absolute Gasteiger partial charge is 0.298 e. The van der Waals surface area contributed by atoms with Gasteiger partial charge in [0.25, 0.3) is 5.69 Å². The third-order valence-electron chi connectivity index (χ3n) is 1.76. The second-order valence-electron chi connectivity index (χ2n) is 2.74. The molecule has 0 aliphatic carbocycles. The SMILES string of the molecule is COc1ccc([N+](=O)[O-])c(C(=O)CC#N)n1. The zero-order chi connectivity index (χ0) is 12.1. The summed E-state index contributed by atoms with van der Waals surface area (Å²) >= 11 is 0. The number of methoxy groups -OCH3 is 1. The average molecular weight is 221 g/mol. The molecule has 0 fully saturated rings. The molecule has 0 spiro atoms. The lowest BCUT2D eigenvalue weighted by Gasteiger charge is -2.01. The largest absolute Gasteiger partial charge is 0.481 e. The molecule has 0 amide bonds. The lowest BCUT2D eigenvalue weighted by molar-refractivity contribution is -0.385. The van der Waals surface area contributed by atoms with Crippen LogP contribution in [-0.4, -0.2) is 22.8 Å². The van der Waals surface area contributed by atoms with Crippen LogP contribution in [0.5, 0.6) is 5.88 Å². The molecule has 16 heavy (non-hydrogen) atoms. The number of ether oxygens (including phenoxy) is 1. The van der Waals surface area contributed by atoms with Crippen LogP contribution in [0, 0.1) is 21.4 Å². The van der Waals surface area contributed by atoms with Gasteiger partial charge < -0.3 is 4.74 Å². The number of hydrogen-bond acceptors (Lipinski definition) is 6. The lowest BCUT2D eigenvalue weighted by atomic mass is 10.2. The molecule has 0 aromatic carbocycles. The molecule has 1 rings (SSSR count). The maximum atomic E-state index is 11.4. The molecule has 0 radical (unpaired) electrons. The Morgan fingerprint density at radius 2 is 2.38 bits per heavy atom. The highest BCUT2D eigenvalue weighted by atomic mass is 16.6. The van der Waals surface area contributed by atoms with Crippen LogP contribution in [0.1, 0.15) is 16.9 Å². The van der Waals surface area contributed by atoms with Crippen molar-refractivity contribution >= 4 is 11.5 Å². The first-order chi connectivity index (χ1) is 7.60. The molecular formula is C9H7N3O4. The molecule has 1 heterocycles. The Morgan fingerprint density at radius 3 is 2.88 bits per heavy atom. The summed E-state index contributed by atoms with van der Waals surface area (Å²) in [6, 6.07) is 4.02. The van der Waals surface area contributed by atoms with E-state index < -0.39 is 22.8 Å². The molecule has 7 nitrogen and oxygen atoms in total. The van der Waals surface area contributed by atoms with Crippen molar-refractivity contribution in [2.24, 2.45) is 0 Å². The van der Waals surface area contributed by atoms with Crippen LogP contribution in [0.25, 0.3) is 0 Å². The van der Waals surface area contributed by atoms with Crippen molar-refractivity contribution in [3.05, 3.63) is 27.9 Å². The van der Waals surface area contributed by atoms with Crippen LogP contribution >= 0.6 is 0 Å². The van der Waals surface area contributed by atoms with Crippen LogP contribution in [0.2, 0.25) is 0 Å². The van der Waals surface area contributed by atoms with E-state index in [4.69, 9.17) is 10.00 Å². The molecule has 0 atom stereocenters. The van der Waals surface area contributed by atoms with Crippen LogP contribution in [0.3, 0.4) is 0 Å². The first-order valence-corrected chi connectivity index (χ1v) is 4.19. The van der Waals surface area contributed by atoms with Gasteiger partial charge in [0.1, 0.15) is 6.42 Å². The van der Waals surface area contributed by atoms with E-state index in [9.17, 15) is 14.9 Å². The second kappa shape index (κ2) is 4.84. The third-order valence-corrected chi connectivity index (χ3v) is 1.76. The van der Waals surface area contributed by atoms with Gasteiger partial charge in [-0.15, -0.1) is 0 Å². The minimum absolute atomic E-state index is 0.0897. The van der Waals surface area contributed by atoms with Crippen LogP contribution in [-0.2, 0) is 0 Å². The van der Waals surface area contributed by atoms with Crippen molar-refractivity contribution in [1.29, 1.82) is 5.26 Å². The molecule has 1 aromatic heterocycles. The van der Waals surface area contributed by atoms with Crippen LogP contribution in [0.4, 0.5) is 5.69 Å². The Bertz CT molecular complexity index is 478. The van der Waals surface area contributed by atoms with Gasteiger partial charge in [0, 0.05) is 12.1 Å². The van der Waals surface area contributed by atoms with Gasteiger partial charge in [-0.2, -0.15) is 5.26 Å². The van der Waals surface area contributed by atoms with E-state index in [0.717, 1.165) is 6.07 Å². The number of rotatable bonds is 4. The normalized spacial score (nSPS) is 9.25. The summed E-state index contributed by atoms with van der Waals surface area (Å²) in [5.41, 5.74) is -0.785. The van der Waals surface area contributed by atoms with Gasteiger partial charge in [0.05, 0.1) is 18.1 Å². The van der Waals surface area contributed by atoms with Crippen molar-refractivity contribution in [2.45, 2.75) is 6.42 Å². The molecule has 0 saturated heterocycles. The molecule has 0 bridgehead atoms. The van der Waals surface area contributed by atoms with Gasteiger partial charge in [-0.1, -0.05) is 0 Å². The Kier molecular flexibility index (Phi) is 3.50. The number of carbonyl (C=O) groups excluding carboxylic acids is 1. The molecule has 0 aliphatic heterocycles. The summed E-state index contributed by atoms with van der Waals surface area (Å²) in [5, 5.41) is 19.0. The van der Waals surface area contributed by atoms with Gasteiger partial charge in [-0.25, -0.2) is 4.98 Å². The van der Waals surface area contributed by atoms with Crippen molar-refractivity contribution in [3.63, 3.8) is 0 Å². The van der Waals surface area contributed by atoms with Crippen LogP contribution in [0.15, 0.2) is 12.1 Å². The second-order valence-corrected chi connectivity index (χ2v) is 2.74. The molecule has 1 aromatic rings. The molecule has 7 heteroatoms. The average Bonchev–Trinajstić information content (AvgIpc) is 2.28. The minimum atomic E-state index is -0.725. The number of Topliss-reactive ketones (excluding diaryl/α,β-unsaturated/α-hetero) is 1. The third kappa shape index (κ3) is 2.30. The fourth-order valence-corrected chi connectivity index (χ4v) is 1.06. The molecule has 0 saturated carbocycles. The van der Waals surface area contributed by atoms with Crippen molar-refractivity contribution in [3.8, 4) is 11.9 Å². The van der Waals surface area contributed by atoms with Crippen LogP contribution < -0.4 is 4.74 Å². The summed E-state index contributed by atoms with van der Waals surface area (Å²) in [5.74, 6) is -0.611. The zero-order valence-electron chi connectivity index (χ0n) is 8.34. The highest BCUT2D eigenvalue weighted by molar-refractivity contribution is 5.99. The van der Waals surface area contributed by atoms with E-state index in [1.165, 1.54) is 13.2 Å². The number of hydrogen-bond donors (Lipinski definition) is 0. The van der Waals surface area contributed by atoms with E-state index >= 15 is 0 Å². The van der Waals surface area contributed by atoms with Gasteiger partial charge in [0.15, 0.2) is 5.69 Å². The number of nitrogens with zero attached hydrogens (tertiary/aromatic N) is 3. The highest BCUT2D eigenvalue weighted by Crippen LogP contribution is 2.21. The molecular weight excluding hydrogens is 214 g/mol. The molecule has 0 unspecified atom stereocenters. The van der Waals surface area contributed by atoms with Crippen molar-refractivity contribution in [2.75, 3.05) is 7.11 Å². The molecule has 0 N–H and O–H groups in total. The van der Waals surface area contributed by atoms with Gasteiger partial charge in [0.2, 0.25) is 11.7 Å². The van der Waals surface area contributed by atoms with Crippen molar-refractivity contribution < 1.29 is 14.5 Å². The lowest BCUT2D eigenvalue weighted by Crippen LogP contribution is -2.07. The summed E-state index contributed by atoms with van der Waals surface area (Å²) in [6.07, 6.45) is -0.457. The standard InChI is InChI=1S/C9H7N3O4/c1-16-8-3-2-6(12(14)15)9(11-8)7(13)4-5-10/h2-3H,4H2,1H3. The topological polar surface area (TPSA) is 106 Å². The monoisotopic (exact) mass is 221 g/mol. The Balaban J connectivity index is 3.26. The van der Waals surface area contributed by atoms with E-state index in [-0.39, 0.29) is 11.6 Å². The first kappa shape index (κ1) is 11.6. The minimum Gasteiger partial charge on any atom is -0.481 e. The Morgan fingerprint density at radius 1 is 1.69 bits per heavy atom. The maximum Gasteiger partial charge on any atom is 0.298 e. The number of aromatic nitrogens is 1. The zero-order valence-corrected chi connectivity index (χ0v) is 8.34. The number of nitriles is 1. The number of ketones is 1. The van der Waals surface area contributed by atoms with Gasteiger partial charge in [-0.3, -0.25) is 14.9 Å². The highest BCUT2D eigenvalue weighted by Gasteiger charge is 2.22. The molecule has 82 valence electrons. The predicted molar refractivity (Wildman–Crippen MR) is 52.0 cm³/mol. The quantitative estimate of drug-likeness (QED) is 0.428. The predicted octanol–water partition coefficient (Wildman–Crippen LogP) is 1.09. The summed E-state index contributed by atoms with van der Waals surface area (Å²) in [6.45, 7) is 0. The molecule has 0 aliphatic rings. The Labute approximate surface area is 90.4 Å². The van der Waals surface area contributed by atoms with E-state index in [0.29, 0.717) is 0 Å². The van der Waals surface area contributed by atoms with E-state index in [1.54, 1.807) is 6.07 Å². The summed E-state index contributed by atoms with van der Waals surface area (Å²) < 4.78 is 4.75. The van der Waals surface area contributed by atoms with Crippen molar-refractivity contribution in [1.82, 2.24) is 4.98 Å². The van der Waals surface area contributed by atoms with E-state index in [1.807, 2.05) is 0 Å². The summed E-state index contributed by atoms with van der Waals surface area (Å²) in [7, 11) is 1.33. The Hall–Kier alpha value is -2.49. The number of carbonyl (C=O) groups is 1. The van der Waals surface area contributed by atoms with E-state index in [2.05, 4.69) is 4.98 Å². The summed E-state index contributed by atoms with van der Waals surface area (Å²) in [4.78, 5) is 25.0. The van der Waals surface area contributed by atoms with Gasteiger partial charge >= 0.3 is 0 Å². The number of pyridine rings is 1. The number of nitro groups is 1. The fourth-order valence-electron chi connectivity index (χ4n) is 1.06.